The Bertz CT molecular complexity index is 1600. The predicted molar refractivity (Wildman–Crippen MR) is 145 cm³/mol. The summed E-state index contributed by atoms with van der Waals surface area (Å²) in [5.74, 6) is 1.54. The van der Waals surface area contributed by atoms with E-state index in [0.717, 1.165) is 32.4 Å². The Morgan fingerprint density at radius 2 is 1.72 bits per heavy atom. The molecule has 4 aromatic carbocycles. The molecule has 7 heteroatoms. The van der Waals surface area contributed by atoms with Gasteiger partial charge in [-0.25, -0.2) is 4.68 Å². The molecule has 0 amide bonds. The lowest BCUT2D eigenvalue weighted by atomic mass is 10.0. The minimum Gasteiger partial charge on any atom is -0.507 e. The first kappa shape index (κ1) is 23.4. The fraction of sp³-hybridized carbons (Fsp3) is 0.103. The Morgan fingerprint density at radius 1 is 0.917 bits per heavy atom. The highest BCUT2D eigenvalue weighted by atomic mass is 32.1. The van der Waals surface area contributed by atoms with E-state index in [0.29, 0.717) is 23.6 Å². The summed E-state index contributed by atoms with van der Waals surface area (Å²) in [6.45, 7) is 0.523. The molecular weight excluding hydrogens is 470 g/mol. The van der Waals surface area contributed by atoms with Gasteiger partial charge in [0.25, 0.3) is 0 Å². The highest BCUT2D eigenvalue weighted by molar-refractivity contribution is 7.07. The Balaban J connectivity index is 1.66. The van der Waals surface area contributed by atoms with E-state index in [9.17, 15) is 5.11 Å². The molecule has 1 aromatic heterocycles. The second-order valence-electron chi connectivity index (χ2n) is 8.05. The van der Waals surface area contributed by atoms with Crippen LogP contribution in [-0.2, 0) is 6.54 Å². The molecule has 1 N–H and O–H groups in total. The predicted octanol–water partition coefficient (Wildman–Crippen LogP) is 6.08. The van der Waals surface area contributed by atoms with Gasteiger partial charge < -0.3 is 14.6 Å². The number of aromatic hydroxyl groups is 1. The van der Waals surface area contributed by atoms with E-state index in [2.05, 4.69) is 0 Å². The molecule has 0 unspecified atom stereocenters. The minimum absolute atomic E-state index is 0.166. The summed E-state index contributed by atoms with van der Waals surface area (Å²) in [7, 11) is 3.26. The van der Waals surface area contributed by atoms with Crippen LogP contribution >= 0.6 is 11.3 Å². The van der Waals surface area contributed by atoms with Gasteiger partial charge >= 0.3 is 0 Å². The Morgan fingerprint density at radius 3 is 2.53 bits per heavy atom. The third-order valence-corrected chi connectivity index (χ3v) is 6.71. The van der Waals surface area contributed by atoms with Gasteiger partial charge in [0.15, 0.2) is 0 Å². The third kappa shape index (κ3) is 4.74. The molecule has 0 saturated heterocycles. The normalized spacial score (nSPS) is 11.9. The lowest BCUT2D eigenvalue weighted by Gasteiger charge is -2.11. The van der Waals surface area contributed by atoms with Crippen molar-refractivity contribution in [3.05, 3.63) is 106 Å². The zero-order valence-corrected chi connectivity index (χ0v) is 20.8. The molecule has 0 radical (unpaired) electrons. The maximum atomic E-state index is 10.6. The molecule has 0 saturated carbocycles. The Hall–Kier alpha value is -4.36. The number of nitrogens with zero attached hydrogens (tertiary/aromatic N) is 3. The lowest BCUT2D eigenvalue weighted by molar-refractivity contribution is 0.395. The van der Waals surface area contributed by atoms with E-state index in [4.69, 9.17) is 19.6 Å². The summed E-state index contributed by atoms with van der Waals surface area (Å²) in [5, 5.41) is 19.4. The van der Waals surface area contributed by atoms with Crippen LogP contribution in [0.5, 0.6) is 17.2 Å². The molecule has 0 atom stereocenters. The van der Waals surface area contributed by atoms with E-state index in [1.165, 1.54) is 11.3 Å². The van der Waals surface area contributed by atoms with Crippen LogP contribution < -0.4 is 14.3 Å². The van der Waals surface area contributed by atoms with Crippen molar-refractivity contribution in [1.82, 2.24) is 4.68 Å². The maximum absolute atomic E-state index is 10.6. The van der Waals surface area contributed by atoms with Crippen molar-refractivity contribution in [1.29, 1.82) is 0 Å². The summed E-state index contributed by atoms with van der Waals surface area (Å²) in [4.78, 5) is 5.57. The molecule has 0 spiro atoms. The zero-order chi connectivity index (χ0) is 24.9. The van der Waals surface area contributed by atoms with E-state index in [-0.39, 0.29) is 5.75 Å². The molecule has 0 fully saturated rings. The van der Waals surface area contributed by atoms with Gasteiger partial charge in [-0.2, -0.15) is 5.10 Å². The average Bonchev–Trinajstić information content (AvgIpc) is 3.33. The van der Waals surface area contributed by atoms with E-state index < -0.39 is 0 Å². The second-order valence-corrected chi connectivity index (χ2v) is 8.88. The number of hydrogen-bond donors (Lipinski definition) is 1. The van der Waals surface area contributed by atoms with Crippen molar-refractivity contribution in [3.8, 4) is 28.5 Å². The Labute approximate surface area is 213 Å². The smallest absolute Gasteiger partial charge is 0.206 e. The first-order valence-electron chi connectivity index (χ1n) is 11.4. The zero-order valence-electron chi connectivity index (χ0n) is 20.0. The standard InChI is InChI=1S/C29H25N3O3S/c1-34-22-13-14-24(28(16-22)35-2)26-19-36-29(30-17-20-8-4-3-5-9-20)32(26)31-18-25-23-11-7-6-10-21(23)12-15-27(25)33/h3-16,18-19,33H,17H2,1-2H3. The van der Waals surface area contributed by atoms with Crippen LogP contribution in [0.25, 0.3) is 22.0 Å². The van der Waals surface area contributed by atoms with Crippen LogP contribution in [0.4, 0.5) is 0 Å². The van der Waals surface area contributed by atoms with Gasteiger partial charge in [-0.3, -0.25) is 4.99 Å². The van der Waals surface area contributed by atoms with Gasteiger partial charge in [-0.1, -0.05) is 60.7 Å². The SMILES string of the molecule is COc1ccc(-c2csc(=NCc3ccccc3)n2N=Cc2c(O)ccc3ccccc23)c(OC)c1. The van der Waals surface area contributed by atoms with Crippen molar-refractivity contribution in [2.75, 3.05) is 14.2 Å². The number of thiazole rings is 1. The lowest BCUT2D eigenvalue weighted by Crippen LogP contribution is -2.13. The molecule has 0 aliphatic carbocycles. The molecule has 5 aromatic rings. The third-order valence-electron chi connectivity index (χ3n) is 5.86. The number of fused-ring (bicyclic) bond motifs is 1. The minimum atomic E-state index is 0.166. The molecule has 36 heavy (non-hydrogen) atoms. The fourth-order valence-corrected chi connectivity index (χ4v) is 4.82. The molecule has 0 bridgehead atoms. The summed E-state index contributed by atoms with van der Waals surface area (Å²) in [6, 6.07) is 27.3. The average molecular weight is 496 g/mol. The quantitative estimate of drug-likeness (QED) is 0.279. The number of rotatable bonds is 7. The van der Waals surface area contributed by atoms with Gasteiger partial charge in [0.2, 0.25) is 4.80 Å². The second kappa shape index (κ2) is 10.5. The number of methoxy groups -OCH3 is 2. The van der Waals surface area contributed by atoms with Crippen molar-refractivity contribution in [3.63, 3.8) is 0 Å². The molecule has 0 aliphatic heterocycles. The summed E-state index contributed by atoms with van der Waals surface area (Å²) in [6.07, 6.45) is 1.69. The monoisotopic (exact) mass is 495 g/mol. The first-order chi connectivity index (χ1) is 17.7. The first-order valence-corrected chi connectivity index (χ1v) is 12.3. The number of phenols is 1. The van der Waals surface area contributed by atoms with Crippen LogP contribution in [0, 0.1) is 0 Å². The van der Waals surface area contributed by atoms with Gasteiger partial charge in [0, 0.05) is 22.6 Å². The van der Waals surface area contributed by atoms with Crippen LogP contribution in [0.1, 0.15) is 11.1 Å². The van der Waals surface area contributed by atoms with Crippen molar-refractivity contribution >= 4 is 28.3 Å². The highest BCUT2D eigenvalue weighted by Gasteiger charge is 2.14. The number of hydrogen-bond acceptors (Lipinski definition) is 6. The molecular formula is C29H25N3O3S. The van der Waals surface area contributed by atoms with Crippen LogP contribution in [0.15, 0.2) is 100 Å². The largest absolute Gasteiger partial charge is 0.507 e. The molecule has 180 valence electrons. The van der Waals surface area contributed by atoms with Crippen LogP contribution in [0.2, 0.25) is 0 Å². The van der Waals surface area contributed by atoms with Crippen molar-refractivity contribution < 1.29 is 14.6 Å². The topological polar surface area (TPSA) is 68.3 Å². The molecule has 5 rings (SSSR count). The summed E-state index contributed by atoms with van der Waals surface area (Å²) in [5.41, 5.74) is 3.43. The van der Waals surface area contributed by atoms with E-state index >= 15 is 0 Å². The number of benzene rings is 4. The van der Waals surface area contributed by atoms with Gasteiger partial charge in [-0.05, 0) is 34.5 Å². The van der Waals surface area contributed by atoms with E-state index in [1.54, 1.807) is 31.2 Å². The number of ether oxygens (including phenoxy) is 2. The van der Waals surface area contributed by atoms with Gasteiger partial charge in [0.1, 0.15) is 17.2 Å². The van der Waals surface area contributed by atoms with Gasteiger partial charge in [0.05, 0.1) is 32.7 Å². The maximum Gasteiger partial charge on any atom is 0.206 e. The van der Waals surface area contributed by atoms with Crippen LogP contribution in [0.3, 0.4) is 0 Å². The highest BCUT2D eigenvalue weighted by Crippen LogP contribution is 2.34. The molecule has 1 heterocycles. The van der Waals surface area contributed by atoms with E-state index in [1.807, 2.05) is 84.2 Å². The van der Waals surface area contributed by atoms with Crippen molar-refractivity contribution in [2.45, 2.75) is 6.54 Å². The molecule has 0 aliphatic rings. The summed E-state index contributed by atoms with van der Waals surface area (Å²) < 4.78 is 12.8. The Kier molecular flexibility index (Phi) is 6.82. The number of aromatic nitrogens is 1. The summed E-state index contributed by atoms with van der Waals surface area (Å²) >= 11 is 1.50. The van der Waals surface area contributed by atoms with Gasteiger partial charge in [-0.15, -0.1) is 11.3 Å². The van der Waals surface area contributed by atoms with Crippen molar-refractivity contribution in [2.24, 2.45) is 10.1 Å². The molecule has 6 nitrogen and oxygen atoms in total. The number of phenolic OH excluding ortho intramolecular Hbond substituents is 1. The fourth-order valence-electron chi connectivity index (χ4n) is 3.99. The van der Waals surface area contributed by atoms with Crippen LogP contribution in [-0.4, -0.2) is 30.2 Å².